The standard InChI is InChI=1S/C6H6ClIN2O2/c1-10-6(11)4(12-2)3(7)5(8)9-10/h1-2H3. The first kappa shape index (κ1) is 9.79. The van der Waals surface area contributed by atoms with Gasteiger partial charge in [0.25, 0.3) is 0 Å². The van der Waals surface area contributed by atoms with Crippen LogP contribution in [0.4, 0.5) is 0 Å². The number of aryl methyl sites for hydroxylation is 1. The Hall–Kier alpha value is -0.300. The van der Waals surface area contributed by atoms with Gasteiger partial charge in [0.15, 0.2) is 0 Å². The molecule has 0 spiro atoms. The van der Waals surface area contributed by atoms with Crippen LogP contribution in [0.15, 0.2) is 4.79 Å². The highest BCUT2D eigenvalue weighted by Crippen LogP contribution is 2.22. The molecule has 1 aromatic heterocycles. The maximum absolute atomic E-state index is 11.3. The highest BCUT2D eigenvalue weighted by atomic mass is 127. The highest BCUT2D eigenvalue weighted by molar-refractivity contribution is 14.1. The number of rotatable bonds is 1. The van der Waals surface area contributed by atoms with E-state index in [0.717, 1.165) is 0 Å². The van der Waals surface area contributed by atoms with Crippen molar-refractivity contribution in [2.45, 2.75) is 0 Å². The lowest BCUT2D eigenvalue weighted by molar-refractivity contribution is 0.400. The van der Waals surface area contributed by atoms with Crippen molar-refractivity contribution in [2.75, 3.05) is 7.11 Å². The Morgan fingerprint density at radius 1 is 1.67 bits per heavy atom. The molecule has 1 rings (SSSR count). The summed E-state index contributed by atoms with van der Waals surface area (Å²) in [5.74, 6) is 0.138. The zero-order chi connectivity index (χ0) is 9.30. The van der Waals surface area contributed by atoms with Gasteiger partial charge in [0.05, 0.1) is 7.11 Å². The molecule has 0 amide bonds. The molecule has 0 radical (unpaired) electrons. The number of ether oxygens (including phenoxy) is 1. The summed E-state index contributed by atoms with van der Waals surface area (Å²) in [6.45, 7) is 0. The molecular weight excluding hydrogens is 294 g/mol. The largest absolute Gasteiger partial charge is 0.490 e. The summed E-state index contributed by atoms with van der Waals surface area (Å²) >= 11 is 7.70. The number of aromatic nitrogens is 2. The number of hydrogen-bond acceptors (Lipinski definition) is 3. The highest BCUT2D eigenvalue weighted by Gasteiger charge is 2.12. The quantitative estimate of drug-likeness (QED) is 0.728. The summed E-state index contributed by atoms with van der Waals surface area (Å²) in [6.07, 6.45) is 0. The van der Waals surface area contributed by atoms with E-state index in [4.69, 9.17) is 16.3 Å². The molecule has 1 heterocycles. The molecule has 0 unspecified atom stereocenters. The molecule has 0 aromatic carbocycles. The monoisotopic (exact) mass is 300 g/mol. The summed E-state index contributed by atoms with van der Waals surface area (Å²) in [4.78, 5) is 11.3. The summed E-state index contributed by atoms with van der Waals surface area (Å²) in [6, 6.07) is 0. The van der Waals surface area contributed by atoms with Gasteiger partial charge in [0, 0.05) is 7.05 Å². The van der Waals surface area contributed by atoms with E-state index in [1.807, 2.05) is 22.6 Å². The molecule has 12 heavy (non-hydrogen) atoms. The summed E-state index contributed by atoms with van der Waals surface area (Å²) < 4.78 is 6.56. The van der Waals surface area contributed by atoms with Gasteiger partial charge in [-0.2, -0.15) is 5.10 Å². The van der Waals surface area contributed by atoms with Crippen LogP contribution in [0.2, 0.25) is 5.02 Å². The van der Waals surface area contributed by atoms with Crippen molar-refractivity contribution in [3.05, 3.63) is 19.1 Å². The molecule has 0 bridgehead atoms. The van der Waals surface area contributed by atoms with Crippen LogP contribution in [0.5, 0.6) is 5.75 Å². The van der Waals surface area contributed by atoms with E-state index >= 15 is 0 Å². The van der Waals surface area contributed by atoms with E-state index in [1.165, 1.54) is 11.8 Å². The second kappa shape index (κ2) is 3.61. The number of hydrogen-bond donors (Lipinski definition) is 0. The molecule has 0 aliphatic heterocycles. The van der Waals surface area contributed by atoms with Crippen molar-refractivity contribution in [3.63, 3.8) is 0 Å². The average molecular weight is 300 g/mol. The van der Waals surface area contributed by atoms with Crippen molar-refractivity contribution in [1.82, 2.24) is 9.78 Å². The lowest BCUT2D eigenvalue weighted by Crippen LogP contribution is -2.22. The molecule has 4 nitrogen and oxygen atoms in total. The molecule has 0 saturated carbocycles. The minimum atomic E-state index is -0.331. The lowest BCUT2D eigenvalue weighted by Gasteiger charge is -2.04. The Kier molecular flexibility index (Phi) is 2.94. The van der Waals surface area contributed by atoms with Gasteiger partial charge in [-0.25, -0.2) is 4.68 Å². The van der Waals surface area contributed by atoms with Crippen LogP contribution in [0, 0.1) is 3.70 Å². The molecule has 0 N–H and O–H groups in total. The predicted octanol–water partition coefficient (Wildman–Crippen LogP) is 1.05. The van der Waals surface area contributed by atoms with E-state index in [0.29, 0.717) is 3.70 Å². The molecule has 0 fully saturated rings. The van der Waals surface area contributed by atoms with Crippen LogP contribution in [-0.4, -0.2) is 16.9 Å². The van der Waals surface area contributed by atoms with Gasteiger partial charge in [0.1, 0.15) is 8.72 Å². The molecular formula is C6H6ClIN2O2. The molecule has 66 valence electrons. The number of nitrogens with zero attached hydrogens (tertiary/aromatic N) is 2. The van der Waals surface area contributed by atoms with E-state index in [1.54, 1.807) is 7.05 Å². The van der Waals surface area contributed by atoms with E-state index in [-0.39, 0.29) is 16.3 Å². The summed E-state index contributed by atoms with van der Waals surface area (Å²) in [5.41, 5.74) is -0.331. The van der Waals surface area contributed by atoms with Crippen molar-refractivity contribution in [3.8, 4) is 5.75 Å². The Balaban J connectivity index is 3.53. The van der Waals surface area contributed by atoms with E-state index < -0.39 is 0 Å². The first-order chi connectivity index (χ1) is 5.57. The first-order valence-electron chi connectivity index (χ1n) is 3.04. The van der Waals surface area contributed by atoms with E-state index in [9.17, 15) is 4.79 Å². The molecule has 0 atom stereocenters. The fourth-order valence-corrected chi connectivity index (χ4v) is 1.50. The topological polar surface area (TPSA) is 44.1 Å². The van der Waals surface area contributed by atoms with Crippen LogP contribution in [0.3, 0.4) is 0 Å². The molecule has 6 heteroatoms. The average Bonchev–Trinajstić information content (AvgIpc) is 2.02. The van der Waals surface area contributed by atoms with Gasteiger partial charge in [-0.05, 0) is 22.6 Å². The Morgan fingerprint density at radius 2 is 2.25 bits per heavy atom. The van der Waals surface area contributed by atoms with Crippen LogP contribution >= 0.6 is 34.2 Å². The fraction of sp³-hybridized carbons (Fsp3) is 0.333. The molecule has 1 aromatic rings. The van der Waals surface area contributed by atoms with Gasteiger partial charge in [0.2, 0.25) is 5.75 Å². The second-order valence-electron chi connectivity index (χ2n) is 2.07. The predicted molar refractivity (Wildman–Crippen MR) is 53.8 cm³/mol. The van der Waals surface area contributed by atoms with E-state index in [2.05, 4.69) is 5.10 Å². The fourth-order valence-electron chi connectivity index (χ4n) is 0.732. The number of methoxy groups -OCH3 is 1. The normalized spacial score (nSPS) is 10.0. The van der Waals surface area contributed by atoms with Crippen LogP contribution in [-0.2, 0) is 7.05 Å². The maximum Gasteiger partial charge on any atom is 0.310 e. The van der Waals surface area contributed by atoms with Crippen LogP contribution in [0.25, 0.3) is 0 Å². The maximum atomic E-state index is 11.3. The van der Waals surface area contributed by atoms with Crippen molar-refractivity contribution in [2.24, 2.45) is 7.05 Å². The first-order valence-corrected chi connectivity index (χ1v) is 4.50. The van der Waals surface area contributed by atoms with Crippen LogP contribution in [0.1, 0.15) is 0 Å². The minimum absolute atomic E-state index is 0.138. The van der Waals surface area contributed by atoms with Crippen molar-refractivity contribution in [1.29, 1.82) is 0 Å². The van der Waals surface area contributed by atoms with Gasteiger partial charge < -0.3 is 4.74 Å². The smallest absolute Gasteiger partial charge is 0.310 e. The van der Waals surface area contributed by atoms with Crippen LogP contribution < -0.4 is 10.3 Å². The lowest BCUT2D eigenvalue weighted by atomic mass is 10.5. The Labute approximate surface area is 87.6 Å². The van der Waals surface area contributed by atoms with Gasteiger partial charge in [-0.1, -0.05) is 11.6 Å². The van der Waals surface area contributed by atoms with Gasteiger partial charge >= 0.3 is 5.56 Å². The van der Waals surface area contributed by atoms with Crippen molar-refractivity contribution >= 4 is 34.2 Å². The third kappa shape index (κ3) is 1.56. The minimum Gasteiger partial charge on any atom is -0.490 e. The third-order valence-corrected chi connectivity index (χ3v) is 2.74. The zero-order valence-electron chi connectivity index (χ0n) is 6.47. The summed E-state index contributed by atoms with van der Waals surface area (Å²) in [7, 11) is 2.95. The third-order valence-electron chi connectivity index (χ3n) is 1.31. The van der Waals surface area contributed by atoms with Gasteiger partial charge in [-0.15, -0.1) is 0 Å². The Morgan fingerprint density at radius 3 is 2.75 bits per heavy atom. The molecule has 0 aliphatic rings. The van der Waals surface area contributed by atoms with Gasteiger partial charge in [-0.3, -0.25) is 4.79 Å². The number of halogens is 2. The Bertz CT molecular complexity index is 363. The second-order valence-corrected chi connectivity index (χ2v) is 3.47. The zero-order valence-corrected chi connectivity index (χ0v) is 9.38. The molecule has 0 aliphatic carbocycles. The molecule has 0 saturated heterocycles. The summed E-state index contributed by atoms with van der Waals surface area (Å²) in [5, 5.41) is 4.13. The van der Waals surface area contributed by atoms with Crippen molar-refractivity contribution < 1.29 is 4.74 Å². The SMILES string of the molecule is COc1c(Cl)c(I)nn(C)c1=O.